The molecule has 1 aromatic heterocycles. The summed E-state index contributed by atoms with van der Waals surface area (Å²) in [5.74, 6) is 2.07. The Morgan fingerprint density at radius 3 is 2.50 bits per heavy atom. The molecule has 0 atom stereocenters. The molecule has 0 fully saturated rings. The monoisotopic (exact) mass is 250 g/mol. The summed E-state index contributed by atoms with van der Waals surface area (Å²) in [7, 11) is 0. The third-order valence-electron chi connectivity index (χ3n) is 2.62. The molecule has 0 amide bonds. The molecule has 0 spiro atoms. The van der Waals surface area contributed by atoms with Gasteiger partial charge in [-0.1, -0.05) is 33.8 Å². The molecule has 1 aromatic rings. The SMILES string of the molecule is CC(C)CCOc1ccc(CNCC(C)C)cn1. The lowest BCUT2D eigenvalue weighted by Gasteiger charge is -2.09. The minimum atomic E-state index is 0.671. The van der Waals surface area contributed by atoms with E-state index in [1.54, 1.807) is 0 Å². The molecule has 0 aliphatic rings. The predicted molar refractivity (Wildman–Crippen MR) is 75.7 cm³/mol. The van der Waals surface area contributed by atoms with Gasteiger partial charge in [-0.25, -0.2) is 4.98 Å². The van der Waals surface area contributed by atoms with Crippen LogP contribution in [0, 0.1) is 11.8 Å². The van der Waals surface area contributed by atoms with Crippen LogP contribution < -0.4 is 10.1 Å². The Hall–Kier alpha value is -1.09. The van der Waals surface area contributed by atoms with Gasteiger partial charge in [0.25, 0.3) is 0 Å². The highest BCUT2D eigenvalue weighted by Gasteiger charge is 1.99. The maximum atomic E-state index is 5.58. The van der Waals surface area contributed by atoms with Gasteiger partial charge in [-0.05, 0) is 30.4 Å². The molecule has 0 aliphatic heterocycles. The molecule has 1 N–H and O–H groups in total. The van der Waals surface area contributed by atoms with E-state index in [-0.39, 0.29) is 0 Å². The summed E-state index contributed by atoms with van der Waals surface area (Å²) in [6, 6.07) is 4.03. The maximum Gasteiger partial charge on any atom is 0.213 e. The topological polar surface area (TPSA) is 34.1 Å². The van der Waals surface area contributed by atoms with E-state index in [0.717, 1.165) is 32.0 Å². The van der Waals surface area contributed by atoms with Crippen molar-refractivity contribution in [3.8, 4) is 5.88 Å². The lowest BCUT2D eigenvalue weighted by Crippen LogP contribution is -2.19. The Balaban J connectivity index is 2.28. The van der Waals surface area contributed by atoms with Crippen molar-refractivity contribution in [1.82, 2.24) is 10.3 Å². The third kappa shape index (κ3) is 6.60. The molecular formula is C15H26N2O. The van der Waals surface area contributed by atoms with Crippen LogP contribution in [0.15, 0.2) is 18.3 Å². The number of ether oxygens (including phenoxy) is 1. The van der Waals surface area contributed by atoms with Gasteiger partial charge < -0.3 is 10.1 Å². The van der Waals surface area contributed by atoms with Gasteiger partial charge in [0.05, 0.1) is 6.61 Å². The number of hydrogen-bond acceptors (Lipinski definition) is 3. The van der Waals surface area contributed by atoms with E-state index in [1.165, 1.54) is 5.56 Å². The smallest absolute Gasteiger partial charge is 0.213 e. The van der Waals surface area contributed by atoms with E-state index >= 15 is 0 Å². The Morgan fingerprint density at radius 2 is 1.94 bits per heavy atom. The number of pyridine rings is 1. The normalized spacial score (nSPS) is 11.2. The third-order valence-corrected chi connectivity index (χ3v) is 2.62. The summed E-state index contributed by atoms with van der Waals surface area (Å²) in [5, 5.41) is 3.40. The quantitative estimate of drug-likeness (QED) is 0.769. The molecule has 0 unspecified atom stereocenters. The second-order valence-corrected chi connectivity index (χ2v) is 5.56. The Labute approximate surface area is 111 Å². The summed E-state index contributed by atoms with van der Waals surface area (Å²) in [4.78, 5) is 4.31. The van der Waals surface area contributed by atoms with Crippen molar-refractivity contribution in [2.45, 2.75) is 40.7 Å². The van der Waals surface area contributed by atoms with E-state index in [4.69, 9.17) is 4.74 Å². The van der Waals surface area contributed by atoms with Crippen molar-refractivity contribution in [2.24, 2.45) is 11.8 Å². The molecule has 1 heterocycles. The van der Waals surface area contributed by atoms with Gasteiger partial charge in [0.1, 0.15) is 0 Å². The van der Waals surface area contributed by atoms with E-state index in [2.05, 4.69) is 44.1 Å². The van der Waals surface area contributed by atoms with Crippen LogP contribution in [0.3, 0.4) is 0 Å². The van der Waals surface area contributed by atoms with Crippen molar-refractivity contribution >= 4 is 0 Å². The molecule has 0 saturated carbocycles. The highest BCUT2D eigenvalue weighted by atomic mass is 16.5. The number of nitrogens with zero attached hydrogens (tertiary/aromatic N) is 1. The fourth-order valence-corrected chi connectivity index (χ4v) is 1.51. The summed E-state index contributed by atoms with van der Waals surface area (Å²) in [6.07, 6.45) is 2.96. The van der Waals surface area contributed by atoms with Crippen LogP contribution in [-0.2, 0) is 6.54 Å². The molecule has 0 aromatic carbocycles. The zero-order chi connectivity index (χ0) is 13.4. The van der Waals surface area contributed by atoms with E-state index < -0.39 is 0 Å². The van der Waals surface area contributed by atoms with E-state index in [0.29, 0.717) is 11.8 Å². The minimum absolute atomic E-state index is 0.671. The largest absolute Gasteiger partial charge is 0.478 e. The van der Waals surface area contributed by atoms with Crippen LogP contribution in [0.4, 0.5) is 0 Å². The van der Waals surface area contributed by atoms with Crippen molar-refractivity contribution in [1.29, 1.82) is 0 Å². The average molecular weight is 250 g/mol. The molecule has 0 aliphatic carbocycles. The first-order valence-corrected chi connectivity index (χ1v) is 6.86. The van der Waals surface area contributed by atoms with Gasteiger partial charge in [-0.3, -0.25) is 0 Å². The first kappa shape index (κ1) is 15.0. The summed E-state index contributed by atoms with van der Waals surface area (Å²) in [6.45, 7) is 11.5. The van der Waals surface area contributed by atoms with Gasteiger partial charge >= 0.3 is 0 Å². The lowest BCUT2D eigenvalue weighted by molar-refractivity contribution is 0.279. The Morgan fingerprint density at radius 1 is 1.17 bits per heavy atom. The highest BCUT2D eigenvalue weighted by molar-refractivity contribution is 5.17. The predicted octanol–water partition coefficient (Wildman–Crippen LogP) is 3.25. The maximum absolute atomic E-state index is 5.58. The summed E-state index contributed by atoms with van der Waals surface area (Å²) in [5.41, 5.74) is 1.20. The molecule has 3 nitrogen and oxygen atoms in total. The van der Waals surface area contributed by atoms with Gasteiger partial charge in [-0.2, -0.15) is 0 Å². The van der Waals surface area contributed by atoms with Crippen LogP contribution in [0.25, 0.3) is 0 Å². The molecule has 18 heavy (non-hydrogen) atoms. The lowest BCUT2D eigenvalue weighted by atomic mass is 10.1. The summed E-state index contributed by atoms with van der Waals surface area (Å²) >= 11 is 0. The number of aromatic nitrogens is 1. The molecule has 3 heteroatoms. The molecular weight excluding hydrogens is 224 g/mol. The minimum Gasteiger partial charge on any atom is -0.478 e. The fraction of sp³-hybridized carbons (Fsp3) is 0.667. The van der Waals surface area contributed by atoms with Crippen LogP contribution >= 0.6 is 0 Å². The Kier molecular flexibility index (Phi) is 6.73. The number of hydrogen-bond donors (Lipinski definition) is 1. The first-order valence-electron chi connectivity index (χ1n) is 6.86. The van der Waals surface area contributed by atoms with Crippen LogP contribution in [0.1, 0.15) is 39.7 Å². The zero-order valence-corrected chi connectivity index (χ0v) is 12.1. The molecule has 102 valence electrons. The number of nitrogens with one attached hydrogen (secondary N) is 1. The number of rotatable bonds is 8. The molecule has 0 radical (unpaired) electrons. The zero-order valence-electron chi connectivity index (χ0n) is 12.1. The first-order chi connectivity index (χ1) is 8.58. The van der Waals surface area contributed by atoms with E-state index in [9.17, 15) is 0 Å². The van der Waals surface area contributed by atoms with Crippen molar-refractivity contribution in [2.75, 3.05) is 13.2 Å². The van der Waals surface area contributed by atoms with Gasteiger partial charge in [0.15, 0.2) is 0 Å². The van der Waals surface area contributed by atoms with Crippen molar-refractivity contribution in [3.63, 3.8) is 0 Å². The fourth-order valence-electron chi connectivity index (χ4n) is 1.51. The standard InChI is InChI=1S/C15H26N2O/c1-12(2)7-8-18-15-6-5-14(11-17-15)10-16-9-13(3)4/h5-6,11-13,16H,7-10H2,1-4H3. The van der Waals surface area contributed by atoms with E-state index in [1.807, 2.05) is 12.3 Å². The van der Waals surface area contributed by atoms with Gasteiger partial charge in [0, 0.05) is 18.8 Å². The molecule has 1 rings (SSSR count). The van der Waals surface area contributed by atoms with Gasteiger partial charge in [0.2, 0.25) is 5.88 Å². The van der Waals surface area contributed by atoms with Crippen LogP contribution in [0.2, 0.25) is 0 Å². The van der Waals surface area contributed by atoms with Crippen molar-refractivity contribution in [3.05, 3.63) is 23.9 Å². The Bertz CT molecular complexity index is 287. The molecule has 0 saturated heterocycles. The summed E-state index contributed by atoms with van der Waals surface area (Å²) < 4.78 is 5.58. The highest BCUT2D eigenvalue weighted by Crippen LogP contribution is 2.09. The van der Waals surface area contributed by atoms with Crippen molar-refractivity contribution < 1.29 is 4.74 Å². The van der Waals surface area contributed by atoms with Crippen LogP contribution in [-0.4, -0.2) is 18.1 Å². The van der Waals surface area contributed by atoms with Gasteiger partial charge in [-0.15, -0.1) is 0 Å². The second kappa shape index (κ2) is 8.09. The van der Waals surface area contributed by atoms with Crippen LogP contribution in [0.5, 0.6) is 5.88 Å². The molecule has 0 bridgehead atoms. The second-order valence-electron chi connectivity index (χ2n) is 5.56. The average Bonchev–Trinajstić information content (AvgIpc) is 2.30.